The van der Waals surface area contributed by atoms with Crippen molar-refractivity contribution in [3.63, 3.8) is 0 Å². The van der Waals surface area contributed by atoms with E-state index in [0.29, 0.717) is 17.2 Å². The molecule has 1 aliphatic heterocycles. The summed E-state index contributed by atoms with van der Waals surface area (Å²) in [5, 5.41) is 18.4. The number of anilines is 2. The Labute approximate surface area is 114 Å². The maximum atomic E-state index is 9.22. The zero-order valence-corrected chi connectivity index (χ0v) is 11.2. The number of aryl methyl sites for hydroxylation is 1. The molecule has 0 amide bonds. The highest BCUT2D eigenvalue weighted by atomic mass is 32.1. The van der Waals surface area contributed by atoms with Gasteiger partial charge in [-0.15, -0.1) is 10.2 Å². The Balaban J connectivity index is 1.95. The monoisotopic (exact) mass is 272 g/mol. The molecule has 2 N–H and O–H groups in total. The van der Waals surface area contributed by atoms with Crippen molar-refractivity contribution >= 4 is 21.6 Å². The zero-order valence-electron chi connectivity index (χ0n) is 10.4. The van der Waals surface area contributed by atoms with E-state index in [1.807, 2.05) is 13.1 Å². The van der Waals surface area contributed by atoms with E-state index in [4.69, 9.17) is 5.73 Å². The predicted octanol–water partition coefficient (Wildman–Crippen LogP) is 1.26. The summed E-state index contributed by atoms with van der Waals surface area (Å²) in [5.41, 5.74) is 9.33. The summed E-state index contributed by atoms with van der Waals surface area (Å²) in [5.74, 6) is 0. The second kappa shape index (κ2) is 4.48. The minimum absolute atomic E-state index is 0.473. The molecule has 0 saturated carbocycles. The number of nitrogen functional groups attached to an aromatic ring is 1. The second-order valence-corrected chi connectivity index (χ2v) is 5.42. The van der Waals surface area contributed by atoms with Crippen molar-refractivity contribution in [3.05, 3.63) is 28.6 Å². The highest BCUT2D eigenvalue weighted by Crippen LogP contribution is 2.29. The molecule has 0 radical (unpaired) electrons. The third kappa shape index (κ3) is 2.00. The summed E-state index contributed by atoms with van der Waals surface area (Å²) in [6.07, 6.45) is 2.67. The molecule has 0 spiro atoms. The van der Waals surface area contributed by atoms with Crippen LogP contribution >= 0.6 is 11.3 Å². The second-order valence-electron chi connectivity index (χ2n) is 4.43. The summed E-state index contributed by atoms with van der Waals surface area (Å²) >= 11 is 1.38. The molecule has 2 aromatic rings. The van der Waals surface area contributed by atoms with Crippen LogP contribution in [0.2, 0.25) is 0 Å². The van der Waals surface area contributed by atoms with Crippen molar-refractivity contribution in [1.82, 2.24) is 15.2 Å². The van der Waals surface area contributed by atoms with Gasteiger partial charge in [-0.25, -0.2) is 0 Å². The van der Waals surface area contributed by atoms with Crippen molar-refractivity contribution in [2.45, 2.75) is 19.9 Å². The number of pyridine rings is 1. The van der Waals surface area contributed by atoms with E-state index in [1.54, 1.807) is 0 Å². The number of nitrogens with two attached hydrogens (primary N) is 1. The number of hydrogen-bond donors (Lipinski definition) is 1. The number of nitriles is 1. The fourth-order valence-electron chi connectivity index (χ4n) is 2.32. The standard InChI is InChI=1S/C12H12N6S/c1-7-10(4-13)9-2-3-18(6-8(9)5-15-7)12-17-16-11(14)19-12/h5H,2-3,6H2,1H3,(H2,14,16). The lowest BCUT2D eigenvalue weighted by molar-refractivity contribution is 0.716. The SMILES string of the molecule is Cc1ncc2c(c1C#N)CCN(c1nnc(N)s1)C2. The molecule has 3 heterocycles. The molecular formula is C12H12N6S. The summed E-state index contributed by atoms with van der Waals surface area (Å²) in [6, 6.07) is 2.26. The van der Waals surface area contributed by atoms with Crippen molar-refractivity contribution in [2.24, 2.45) is 0 Å². The first kappa shape index (κ1) is 11.9. The van der Waals surface area contributed by atoms with E-state index in [2.05, 4.69) is 26.2 Å². The Kier molecular flexibility index (Phi) is 2.80. The molecule has 19 heavy (non-hydrogen) atoms. The Morgan fingerprint density at radius 1 is 1.47 bits per heavy atom. The van der Waals surface area contributed by atoms with Crippen molar-refractivity contribution < 1.29 is 0 Å². The molecule has 0 aromatic carbocycles. The maximum absolute atomic E-state index is 9.22. The van der Waals surface area contributed by atoms with Crippen LogP contribution in [0.3, 0.4) is 0 Å². The van der Waals surface area contributed by atoms with E-state index in [1.165, 1.54) is 11.3 Å². The van der Waals surface area contributed by atoms with Crippen LogP contribution < -0.4 is 10.6 Å². The average Bonchev–Trinajstić information content (AvgIpc) is 2.85. The van der Waals surface area contributed by atoms with Crippen LogP contribution in [0.25, 0.3) is 0 Å². The molecular weight excluding hydrogens is 260 g/mol. The van der Waals surface area contributed by atoms with Crippen molar-refractivity contribution in [3.8, 4) is 6.07 Å². The van der Waals surface area contributed by atoms with Crippen LogP contribution in [0.5, 0.6) is 0 Å². The summed E-state index contributed by atoms with van der Waals surface area (Å²) in [6.45, 7) is 3.39. The lowest BCUT2D eigenvalue weighted by Gasteiger charge is -2.28. The normalized spacial score (nSPS) is 14.0. The highest BCUT2D eigenvalue weighted by Gasteiger charge is 2.22. The number of nitrogens with zero attached hydrogens (tertiary/aromatic N) is 5. The Morgan fingerprint density at radius 2 is 2.32 bits per heavy atom. The highest BCUT2D eigenvalue weighted by molar-refractivity contribution is 7.18. The fraction of sp³-hybridized carbons (Fsp3) is 0.333. The first-order valence-electron chi connectivity index (χ1n) is 5.90. The predicted molar refractivity (Wildman–Crippen MR) is 72.8 cm³/mol. The van der Waals surface area contributed by atoms with Crippen LogP contribution in [-0.2, 0) is 13.0 Å². The van der Waals surface area contributed by atoms with Gasteiger partial charge in [-0.1, -0.05) is 11.3 Å². The van der Waals surface area contributed by atoms with Gasteiger partial charge in [-0.05, 0) is 24.5 Å². The lowest BCUT2D eigenvalue weighted by atomic mass is 9.96. The number of aromatic nitrogens is 3. The molecule has 96 valence electrons. The molecule has 0 aliphatic carbocycles. The fourth-order valence-corrected chi connectivity index (χ4v) is 2.95. The number of rotatable bonds is 1. The van der Waals surface area contributed by atoms with Gasteiger partial charge in [0.05, 0.1) is 11.3 Å². The topological polar surface area (TPSA) is 91.7 Å². The third-order valence-electron chi connectivity index (χ3n) is 3.27. The van der Waals surface area contributed by atoms with E-state index in [0.717, 1.165) is 34.9 Å². The largest absolute Gasteiger partial charge is 0.374 e. The molecule has 7 heteroatoms. The maximum Gasteiger partial charge on any atom is 0.210 e. The van der Waals surface area contributed by atoms with Gasteiger partial charge in [0.25, 0.3) is 0 Å². The van der Waals surface area contributed by atoms with Crippen molar-refractivity contribution in [2.75, 3.05) is 17.2 Å². The van der Waals surface area contributed by atoms with Gasteiger partial charge in [0, 0.05) is 19.3 Å². The minimum Gasteiger partial charge on any atom is -0.374 e. The Bertz CT molecular complexity index is 671. The van der Waals surface area contributed by atoms with Gasteiger partial charge < -0.3 is 10.6 Å². The zero-order chi connectivity index (χ0) is 13.4. The Morgan fingerprint density at radius 3 is 3.00 bits per heavy atom. The van der Waals surface area contributed by atoms with Gasteiger partial charge >= 0.3 is 0 Å². The number of fused-ring (bicyclic) bond motifs is 1. The van der Waals surface area contributed by atoms with E-state index in [-0.39, 0.29) is 0 Å². The summed E-state index contributed by atoms with van der Waals surface area (Å²) in [4.78, 5) is 6.41. The lowest BCUT2D eigenvalue weighted by Crippen LogP contribution is -2.31. The summed E-state index contributed by atoms with van der Waals surface area (Å²) in [7, 11) is 0. The van der Waals surface area contributed by atoms with Crippen LogP contribution in [0.1, 0.15) is 22.4 Å². The van der Waals surface area contributed by atoms with Gasteiger partial charge in [0.15, 0.2) is 0 Å². The quantitative estimate of drug-likeness (QED) is 0.840. The van der Waals surface area contributed by atoms with Crippen LogP contribution in [0, 0.1) is 18.3 Å². The van der Waals surface area contributed by atoms with Crippen LogP contribution in [0.4, 0.5) is 10.3 Å². The number of hydrogen-bond acceptors (Lipinski definition) is 7. The molecule has 3 rings (SSSR count). The van der Waals surface area contributed by atoms with E-state index in [9.17, 15) is 5.26 Å². The van der Waals surface area contributed by atoms with Crippen LogP contribution in [0.15, 0.2) is 6.20 Å². The van der Waals surface area contributed by atoms with Gasteiger partial charge in [0.2, 0.25) is 10.3 Å². The van der Waals surface area contributed by atoms with E-state index >= 15 is 0 Å². The molecule has 0 atom stereocenters. The molecule has 0 fully saturated rings. The first-order chi connectivity index (χ1) is 9.19. The van der Waals surface area contributed by atoms with Crippen LogP contribution in [-0.4, -0.2) is 21.7 Å². The molecule has 0 saturated heterocycles. The van der Waals surface area contributed by atoms with Crippen molar-refractivity contribution in [1.29, 1.82) is 5.26 Å². The minimum atomic E-state index is 0.473. The summed E-state index contributed by atoms with van der Waals surface area (Å²) < 4.78 is 0. The smallest absolute Gasteiger partial charge is 0.210 e. The molecule has 6 nitrogen and oxygen atoms in total. The molecule has 2 aromatic heterocycles. The Hall–Kier alpha value is -2.20. The molecule has 0 unspecified atom stereocenters. The van der Waals surface area contributed by atoms with E-state index < -0.39 is 0 Å². The van der Waals surface area contributed by atoms with Gasteiger partial charge in [-0.3, -0.25) is 4.98 Å². The molecule has 1 aliphatic rings. The molecule has 0 bridgehead atoms. The average molecular weight is 272 g/mol. The van der Waals surface area contributed by atoms with Gasteiger partial charge in [-0.2, -0.15) is 5.26 Å². The van der Waals surface area contributed by atoms with Gasteiger partial charge in [0.1, 0.15) is 6.07 Å². The third-order valence-corrected chi connectivity index (χ3v) is 4.08. The first-order valence-corrected chi connectivity index (χ1v) is 6.72.